The SMILES string of the molecule is NCCc1ccccc1-c1nc2c(F)c(F)ccc2[nH]1. The summed E-state index contributed by atoms with van der Waals surface area (Å²) in [6, 6.07) is 10.2. The van der Waals surface area contributed by atoms with E-state index in [1.807, 2.05) is 24.3 Å². The summed E-state index contributed by atoms with van der Waals surface area (Å²) in [5, 5.41) is 0. The number of nitrogens with one attached hydrogen (secondary N) is 1. The largest absolute Gasteiger partial charge is 0.338 e. The van der Waals surface area contributed by atoms with Gasteiger partial charge in [0.1, 0.15) is 11.3 Å². The first-order chi connectivity index (χ1) is 9.70. The first-order valence-electron chi connectivity index (χ1n) is 6.33. The van der Waals surface area contributed by atoms with Gasteiger partial charge in [-0.15, -0.1) is 0 Å². The van der Waals surface area contributed by atoms with Crippen LogP contribution in [0.3, 0.4) is 0 Å². The molecule has 1 heterocycles. The van der Waals surface area contributed by atoms with Gasteiger partial charge < -0.3 is 10.7 Å². The molecule has 0 aliphatic carbocycles. The van der Waals surface area contributed by atoms with E-state index in [1.54, 1.807) is 0 Å². The van der Waals surface area contributed by atoms with Gasteiger partial charge in [0.15, 0.2) is 11.6 Å². The second kappa shape index (κ2) is 5.02. The van der Waals surface area contributed by atoms with E-state index in [0.29, 0.717) is 24.3 Å². The van der Waals surface area contributed by atoms with Crippen molar-refractivity contribution in [2.24, 2.45) is 5.73 Å². The van der Waals surface area contributed by atoms with Crippen LogP contribution in [-0.2, 0) is 6.42 Å². The number of aromatic nitrogens is 2. The smallest absolute Gasteiger partial charge is 0.186 e. The number of rotatable bonds is 3. The first kappa shape index (κ1) is 12.7. The average molecular weight is 273 g/mol. The maximum absolute atomic E-state index is 13.7. The van der Waals surface area contributed by atoms with Gasteiger partial charge in [-0.3, -0.25) is 0 Å². The fraction of sp³-hybridized carbons (Fsp3) is 0.133. The van der Waals surface area contributed by atoms with E-state index in [4.69, 9.17) is 5.73 Å². The lowest BCUT2D eigenvalue weighted by molar-refractivity contribution is 0.515. The van der Waals surface area contributed by atoms with Gasteiger partial charge in [0.25, 0.3) is 0 Å². The second-order valence-electron chi connectivity index (χ2n) is 4.54. The molecule has 3 nitrogen and oxygen atoms in total. The fourth-order valence-corrected chi connectivity index (χ4v) is 2.27. The Hall–Kier alpha value is -2.27. The predicted molar refractivity (Wildman–Crippen MR) is 74.2 cm³/mol. The normalized spacial score (nSPS) is 11.2. The molecule has 102 valence electrons. The molecule has 0 aliphatic rings. The maximum atomic E-state index is 13.7. The number of benzene rings is 2. The minimum atomic E-state index is -0.929. The Morgan fingerprint density at radius 1 is 1.10 bits per heavy atom. The highest BCUT2D eigenvalue weighted by molar-refractivity contribution is 5.80. The third-order valence-electron chi connectivity index (χ3n) is 3.23. The van der Waals surface area contributed by atoms with Crippen LogP contribution in [0.4, 0.5) is 8.78 Å². The number of imidazole rings is 1. The van der Waals surface area contributed by atoms with Crippen molar-refractivity contribution in [3.05, 3.63) is 53.6 Å². The van der Waals surface area contributed by atoms with Crippen molar-refractivity contribution in [1.29, 1.82) is 0 Å². The lowest BCUT2D eigenvalue weighted by Gasteiger charge is -2.05. The molecule has 5 heteroatoms. The van der Waals surface area contributed by atoms with Gasteiger partial charge in [-0.25, -0.2) is 13.8 Å². The summed E-state index contributed by atoms with van der Waals surface area (Å²) in [7, 11) is 0. The number of fused-ring (bicyclic) bond motifs is 1. The number of nitrogens with two attached hydrogens (primary N) is 1. The summed E-state index contributed by atoms with van der Waals surface area (Å²) >= 11 is 0. The molecule has 0 unspecified atom stereocenters. The minimum absolute atomic E-state index is 0.0163. The highest BCUT2D eigenvalue weighted by Crippen LogP contribution is 2.26. The number of aromatic amines is 1. The van der Waals surface area contributed by atoms with Crippen LogP contribution < -0.4 is 5.73 Å². The van der Waals surface area contributed by atoms with Crippen LogP contribution in [0.5, 0.6) is 0 Å². The van der Waals surface area contributed by atoms with E-state index < -0.39 is 11.6 Å². The molecule has 0 atom stereocenters. The van der Waals surface area contributed by atoms with E-state index in [9.17, 15) is 8.78 Å². The van der Waals surface area contributed by atoms with E-state index in [2.05, 4.69) is 9.97 Å². The van der Waals surface area contributed by atoms with Crippen molar-refractivity contribution in [3.8, 4) is 11.4 Å². The molecule has 0 fully saturated rings. The van der Waals surface area contributed by atoms with Gasteiger partial charge in [0.2, 0.25) is 0 Å². The Kier molecular flexibility index (Phi) is 3.20. The topological polar surface area (TPSA) is 54.7 Å². The molecule has 2 aromatic carbocycles. The lowest BCUT2D eigenvalue weighted by atomic mass is 10.0. The predicted octanol–water partition coefficient (Wildman–Crippen LogP) is 3.01. The van der Waals surface area contributed by atoms with E-state index in [0.717, 1.165) is 17.2 Å². The van der Waals surface area contributed by atoms with Crippen molar-refractivity contribution in [1.82, 2.24) is 9.97 Å². The molecule has 0 aliphatic heterocycles. The number of H-pyrrole nitrogens is 1. The van der Waals surface area contributed by atoms with Crippen LogP contribution >= 0.6 is 0 Å². The zero-order valence-corrected chi connectivity index (χ0v) is 10.7. The standard InChI is InChI=1S/C15H13F2N3/c16-11-5-6-12-14(13(11)17)20-15(19-12)10-4-2-1-3-9(10)7-8-18/h1-6H,7-8,18H2,(H,19,20). The average Bonchev–Trinajstić information content (AvgIpc) is 2.89. The summed E-state index contributed by atoms with van der Waals surface area (Å²) in [6.07, 6.45) is 0.698. The Labute approximate surface area is 114 Å². The van der Waals surface area contributed by atoms with Crippen molar-refractivity contribution in [3.63, 3.8) is 0 Å². The highest BCUT2D eigenvalue weighted by Gasteiger charge is 2.14. The monoisotopic (exact) mass is 273 g/mol. The lowest BCUT2D eigenvalue weighted by Crippen LogP contribution is -2.04. The molecule has 20 heavy (non-hydrogen) atoms. The van der Waals surface area contributed by atoms with Gasteiger partial charge in [-0.05, 0) is 30.7 Å². The van der Waals surface area contributed by atoms with Crippen molar-refractivity contribution in [2.75, 3.05) is 6.54 Å². The molecule has 0 bridgehead atoms. The van der Waals surface area contributed by atoms with Crippen LogP contribution in [-0.4, -0.2) is 16.5 Å². The van der Waals surface area contributed by atoms with Gasteiger partial charge in [0, 0.05) is 5.56 Å². The van der Waals surface area contributed by atoms with Gasteiger partial charge in [-0.2, -0.15) is 0 Å². The van der Waals surface area contributed by atoms with Crippen LogP contribution in [0.2, 0.25) is 0 Å². The zero-order chi connectivity index (χ0) is 14.1. The van der Waals surface area contributed by atoms with E-state index in [1.165, 1.54) is 6.07 Å². The van der Waals surface area contributed by atoms with Crippen molar-refractivity contribution >= 4 is 11.0 Å². The van der Waals surface area contributed by atoms with Gasteiger partial charge >= 0.3 is 0 Å². The fourth-order valence-electron chi connectivity index (χ4n) is 2.27. The second-order valence-corrected chi connectivity index (χ2v) is 4.54. The Bertz CT molecular complexity index is 765. The first-order valence-corrected chi connectivity index (χ1v) is 6.33. The number of hydrogen-bond acceptors (Lipinski definition) is 2. The zero-order valence-electron chi connectivity index (χ0n) is 10.7. The molecule has 0 spiro atoms. The maximum Gasteiger partial charge on any atom is 0.186 e. The molecule has 3 aromatic rings. The van der Waals surface area contributed by atoms with Crippen LogP contribution in [0.25, 0.3) is 22.4 Å². The molecule has 0 amide bonds. The third-order valence-corrected chi connectivity index (χ3v) is 3.23. The summed E-state index contributed by atoms with van der Waals surface area (Å²) in [6.45, 7) is 0.514. The Balaban J connectivity index is 2.18. The summed E-state index contributed by atoms with van der Waals surface area (Å²) in [4.78, 5) is 7.19. The molecular weight excluding hydrogens is 260 g/mol. The van der Waals surface area contributed by atoms with Gasteiger partial charge in [0.05, 0.1) is 5.52 Å². The van der Waals surface area contributed by atoms with Gasteiger partial charge in [-0.1, -0.05) is 24.3 Å². The molecule has 1 aromatic heterocycles. The Morgan fingerprint density at radius 3 is 2.70 bits per heavy atom. The molecule has 0 saturated carbocycles. The summed E-state index contributed by atoms with van der Waals surface area (Å²) < 4.78 is 26.9. The van der Waals surface area contributed by atoms with E-state index >= 15 is 0 Å². The van der Waals surface area contributed by atoms with E-state index in [-0.39, 0.29) is 5.52 Å². The Morgan fingerprint density at radius 2 is 1.90 bits per heavy atom. The molecule has 3 rings (SSSR count). The molecular formula is C15H13F2N3. The minimum Gasteiger partial charge on any atom is -0.338 e. The quantitative estimate of drug-likeness (QED) is 0.770. The van der Waals surface area contributed by atoms with Crippen LogP contribution in [0.15, 0.2) is 36.4 Å². The highest BCUT2D eigenvalue weighted by atomic mass is 19.2. The van der Waals surface area contributed by atoms with Crippen molar-refractivity contribution in [2.45, 2.75) is 6.42 Å². The third kappa shape index (κ3) is 2.06. The number of hydrogen-bond donors (Lipinski definition) is 2. The van der Waals surface area contributed by atoms with Crippen LogP contribution in [0.1, 0.15) is 5.56 Å². The molecule has 0 radical (unpaired) electrons. The number of halogens is 2. The molecule has 3 N–H and O–H groups in total. The van der Waals surface area contributed by atoms with Crippen LogP contribution in [0, 0.1) is 11.6 Å². The summed E-state index contributed by atoms with van der Waals surface area (Å²) in [5.41, 5.74) is 7.95. The number of nitrogens with zero attached hydrogens (tertiary/aromatic N) is 1. The summed E-state index contributed by atoms with van der Waals surface area (Å²) in [5.74, 6) is -1.30. The molecule has 0 saturated heterocycles. The van der Waals surface area contributed by atoms with Crippen molar-refractivity contribution < 1.29 is 8.78 Å².